The van der Waals surface area contributed by atoms with Crippen molar-refractivity contribution < 1.29 is 4.79 Å². The fourth-order valence-corrected chi connectivity index (χ4v) is 2.32. The van der Waals surface area contributed by atoms with E-state index in [1.165, 1.54) is 5.56 Å². The Balaban J connectivity index is 1.61. The number of fused-ring (bicyclic) bond motifs is 1. The molecule has 1 amide bonds. The largest absolute Gasteiger partial charge is 0.352 e. The molecule has 0 saturated carbocycles. The van der Waals surface area contributed by atoms with Gasteiger partial charge >= 0.3 is 0 Å². The number of aromatic nitrogens is 2. The minimum absolute atomic E-state index is 0.0140. The molecular weight excluding hydrogens is 262 g/mol. The number of carbonyl (C=O) groups is 1. The topological polar surface area (TPSA) is 46.4 Å². The lowest BCUT2D eigenvalue weighted by molar-refractivity contribution is -0.120. The fourth-order valence-electron chi connectivity index (χ4n) is 2.32. The molecule has 106 valence electrons. The van der Waals surface area contributed by atoms with E-state index >= 15 is 0 Å². The minimum atomic E-state index is -0.0140. The molecule has 0 bridgehead atoms. The summed E-state index contributed by atoms with van der Waals surface area (Å²) < 4.78 is 1.92. The van der Waals surface area contributed by atoms with Gasteiger partial charge < -0.3 is 9.72 Å². The smallest absolute Gasteiger partial charge is 0.226 e. The van der Waals surface area contributed by atoms with E-state index in [1.807, 2.05) is 60.1 Å². The lowest BCUT2D eigenvalue weighted by atomic mass is 10.1. The molecule has 0 radical (unpaired) electrons. The molecule has 2 heterocycles. The Morgan fingerprint density at radius 2 is 2.14 bits per heavy atom. The van der Waals surface area contributed by atoms with Crippen LogP contribution in [-0.2, 0) is 17.8 Å². The quantitative estimate of drug-likeness (QED) is 0.797. The lowest BCUT2D eigenvalue weighted by Gasteiger charge is -2.05. The molecule has 0 fully saturated rings. The standard InChI is InChI=1S/C17H17N3O/c1-13-5-4-6-14(9-13)11-18-17(21)10-15-12-20-8-3-2-7-16(20)19-15/h2-9,12H,10-11H2,1H3,(H,18,21). The van der Waals surface area contributed by atoms with Gasteiger partial charge in [-0.2, -0.15) is 0 Å². The van der Waals surface area contributed by atoms with Crippen LogP contribution in [0.3, 0.4) is 0 Å². The maximum absolute atomic E-state index is 12.0. The zero-order valence-corrected chi connectivity index (χ0v) is 11.9. The molecule has 1 N–H and O–H groups in total. The maximum atomic E-state index is 12.0. The molecule has 0 aliphatic carbocycles. The SMILES string of the molecule is Cc1cccc(CNC(=O)Cc2cn3ccccc3n2)c1. The third-order valence-corrected chi connectivity index (χ3v) is 3.33. The van der Waals surface area contributed by atoms with Crippen LogP contribution in [0.2, 0.25) is 0 Å². The van der Waals surface area contributed by atoms with Crippen LogP contribution < -0.4 is 5.32 Å². The molecule has 2 aromatic heterocycles. The summed E-state index contributed by atoms with van der Waals surface area (Å²) in [6.45, 7) is 2.59. The van der Waals surface area contributed by atoms with Crippen molar-refractivity contribution in [3.63, 3.8) is 0 Å². The van der Waals surface area contributed by atoms with Crippen molar-refractivity contribution in [3.05, 3.63) is 71.7 Å². The van der Waals surface area contributed by atoms with Gasteiger partial charge in [0, 0.05) is 18.9 Å². The number of nitrogens with zero attached hydrogens (tertiary/aromatic N) is 2. The summed E-state index contributed by atoms with van der Waals surface area (Å²) in [6.07, 6.45) is 4.12. The number of amides is 1. The van der Waals surface area contributed by atoms with Gasteiger partial charge in [-0.05, 0) is 24.6 Å². The van der Waals surface area contributed by atoms with Gasteiger partial charge in [-0.15, -0.1) is 0 Å². The Labute approximate surface area is 123 Å². The number of nitrogens with one attached hydrogen (secondary N) is 1. The zero-order chi connectivity index (χ0) is 14.7. The van der Waals surface area contributed by atoms with E-state index < -0.39 is 0 Å². The molecule has 1 aromatic carbocycles. The minimum Gasteiger partial charge on any atom is -0.352 e. The van der Waals surface area contributed by atoms with Gasteiger partial charge in [0.05, 0.1) is 12.1 Å². The second-order valence-corrected chi connectivity index (χ2v) is 5.14. The zero-order valence-electron chi connectivity index (χ0n) is 11.9. The van der Waals surface area contributed by atoms with Crippen molar-refractivity contribution in [1.29, 1.82) is 0 Å². The summed E-state index contributed by atoms with van der Waals surface area (Å²) in [5.41, 5.74) is 3.95. The molecular formula is C17H17N3O. The van der Waals surface area contributed by atoms with Crippen molar-refractivity contribution in [2.24, 2.45) is 0 Å². The molecule has 0 spiro atoms. The Hall–Kier alpha value is -2.62. The summed E-state index contributed by atoms with van der Waals surface area (Å²) in [5, 5.41) is 2.93. The Morgan fingerprint density at radius 1 is 1.24 bits per heavy atom. The van der Waals surface area contributed by atoms with E-state index in [4.69, 9.17) is 0 Å². The number of aryl methyl sites for hydroxylation is 1. The van der Waals surface area contributed by atoms with Gasteiger partial charge in [0.25, 0.3) is 0 Å². The Kier molecular flexibility index (Phi) is 3.69. The van der Waals surface area contributed by atoms with Crippen molar-refractivity contribution in [2.45, 2.75) is 19.9 Å². The number of carbonyl (C=O) groups excluding carboxylic acids is 1. The second-order valence-electron chi connectivity index (χ2n) is 5.14. The van der Waals surface area contributed by atoms with E-state index in [2.05, 4.69) is 16.4 Å². The number of pyridine rings is 1. The second kappa shape index (κ2) is 5.79. The van der Waals surface area contributed by atoms with Crippen LogP contribution in [0, 0.1) is 6.92 Å². The number of hydrogen-bond donors (Lipinski definition) is 1. The first-order valence-electron chi connectivity index (χ1n) is 6.95. The summed E-state index contributed by atoms with van der Waals surface area (Å²) >= 11 is 0. The monoisotopic (exact) mass is 279 g/mol. The molecule has 3 rings (SSSR count). The van der Waals surface area contributed by atoms with Crippen molar-refractivity contribution in [1.82, 2.24) is 14.7 Å². The first-order chi connectivity index (χ1) is 10.2. The average Bonchev–Trinajstić information content (AvgIpc) is 2.87. The summed E-state index contributed by atoms with van der Waals surface area (Å²) in [4.78, 5) is 16.4. The molecule has 0 atom stereocenters. The summed E-state index contributed by atoms with van der Waals surface area (Å²) in [5.74, 6) is -0.0140. The van der Waals surface area contributed by atoms with E-state index in [9.17, 15) is 4.79 Å². The third-order valence-electron chi connectivity index (χ3n) is 3.33. The highest BCUT2D eigenvalue weighted by atomic mass is 16.1. The van der Waals surface area contributed by atoms with E-state index in [-0.39, 0.29) is 5.91 Å². The molecule has 3 aromatic rings. The predicted octanol–water partition coefficient (Wildman–Crippen LogP) is 2.50. The molecule has 0 unspecified atom stereocenters. The number of hydrogen-bond acceptors (Lipinski definition) is 2. The normalized spacial score (nSPS) is 10.7. The van der Waals surface area contributed by atoms with Gasteiger partial charge in [0.2, 0.25) is 5.91 Å². The van der Waals surface area contributed by atoms with Crippen LogP contribution >= 0.6 is 0 Å². The van der Waals surface area contributed by atoms with Crippen LogP contribution in [0.4, 0.5) is 0 Å². The predicted molar refractivity (Wildman–Crippen MR) is 81.9 cm³/mol. The van der Waals surface area contributed by atoms with Gasteiger partial charge in [0.1, 0.15) is 5.65 Å². The van der Waals surface area contributed by atoms with Crippen LogP contribution in [0.15, 0.2) is 54.9 Å². The molecule has 0 aliphatic rings. The van der Waals surface area contributed by atoms with Crippen LogP contribution in [0.1, 0.15) is 16.8 Å². The molecule has 0 aliphatic heterocycles. The van der Waals surface area contributed by atoms with Gasteiger partial charge in [-0.1, -0.05) is 35.9 Å². The summed E-state index contributed by atoms with van der Waals surface area (Å²) in [6, 6.07) is 13.9. The highest BCUT2D eigenvalue weighted by Crippen LogP contribution is 2.06. The number of rotatable bonds is 4. The van der Waals surface area contributed by atoms with Crippen LogP contribution in [0.5, 0.6) is 0 Å². The molecule has 4 heteroatoms. The van der Waals surface area contributed by atoms with Crippen molar-refractivity contribution in [2.75, 3.05) is 0 Å². The first kappa shape index (κ1) is 13.4. The average molecular weight is 279 g/mol. The summed E-state index contributed by atoms with van der Waals surface area (Å²) in [7, 11) is 0. The highest BCUT2D eigenvalue weighted by Gasteiger charge is 2.07. The fraction of sp³-hybridized carbons (Fsp3) is 0.176. The maximum Gasteiger partial charge on any atom is 0.226 e. The first-order valence-corrected chi connectivity index (χ1v) is 6.95. The molecule has 0 saturated heterocycles. The van der Waals surface area contributed by atoms with E-state index in [1.54, 1.807) is 0 Å². The highest BCUT2D eigenvalue weighted by molar-refractivity contribution is 5.78. The number of imidazole rings is 1. The molecule has 4 nitrogen and oxygen atoms in total. The van der Waals surface area contributed by atoms with Crippen molar-refractivity contribution >= 4 is 11.6 Å². The van der Waals surface area contributed by atoms with E-state index in [0.29, 0.717) is 13.0 Å². The molecule has 21 heavy (non-hydrogen) atoms. The van der Waals surface area contributed by atoms with Gasteiger partial charge in [-0.3, -0.25) is 4.79 Å². The Morgan fingerprint density at radius 3 is 2.95 bits per heavy atom. The van der Waals surface area contributed by atoms with Gasteiger partial charge in [-0.25, -0.2) is 4.98 Å². The van der Waals surface area contributed by atoms with Crippen LogP contribution in [-0.4, -0.2) is 15.3 Å². The van der Waals surface area contributed by atoms with Gasteiger partial charge in [0.15, 0.2) is 0 Å². The Bertz CT molecular complexity index is 743. The van der Waals surface area contributed by atoms with Crippen molar-refractivity contribution in [3.8, 4) is 0 Å². The van der Waals surface area contributed by atoms with E-state index in [0.717, 1.165) is 16.9 Å². The lowest BCUT2D eigenvalue weighted by Crippen LogP contribution is -2.24. The van der Waals surface area contributed by atoms with Crippen LogP contribution in [0.25, 0.3) is 5.65 Å². The third kappa shape index (κ3) is 3.28. The number of benzene rings is 1.